The third kappa shape index (κ3) is 11.5. The summed E-state index contributed by atoms with van der Waals surface area (Å²) in [6.07, 6.45) is 7.23. The molecule has 0 saturated carbocycles. The Kier molecular flexibility index (Phi) is 12.7. The van der Waals surface area contributed by atoms with Gasteiger partial charge in [0.05, 0.1) is 18.9 Å². The second kappa shape index (κ2) is 16.7. The number of aryl methyl sites for hydroxylation is 1. The molecule has 1 aromatic heterocycles. The lowest BCUT2D eigenvalue weighted by atomic mass is 10.0. The zero-order valence-electron chi connectivity index (χ0n) is 24.1. The zero-order chi connectivity index (χ0) is 30.3. The lowest BCUT2D eigenvalue weighted by Crippen LogP contribution is -2.29. The van der Waals surface area contributed by atoms with Crippen molar-refractivity contribution >= 4 is 34.2 Å². The Labute approximate surface area is 250 Å². The predicted molar refractivity (Wildman–Crippen MR) is 166 cm³/mol. The van der Waals surface area contributed by atoms with E-state index in [1.807, 2.05) is 61.5 Å². The van der Waals surface area contributed by atoms with Gasteiger partial charge in [0, 0.05) is 18.5 Å². The first-order valence-corrected chi connectivity index (χ1v) is 14.8. The number of rotatable bonds is 15. The molecular weight excluding hydrogens is 550 g/mol. The van der Waals surface area contributed by atoms with E-state index >= 15 is 0 Å². The van der Waals surface area contributed by atoms with E-state index in [2.05, 4.69) is 26.1 Å². The van der Waals surface area contributed by atoms with Crippen LogP contribution in [-0.2, 0) is 33.6 Å². The average Bonchev–Trinajstić information content (AvgIpc) is 3.41. The van der Waals surface area contributed by atoms with Gasteiger partial charge in [-0.1, -0.05) is 72.9 Å². The van der Waals surface area contributed by atoms with Crippen LogP contribution in [0.25, 0.3) is 0 Å². The maximum Gasteiger partial charge on any atom is 0.230 e. The molecule has 1 heterocycles. The van der Waals surface area contributed by atoms with Crippen LogP contribution < -0.4 is 27.4 Å². The molecule has 0 aliphatic heterocycles. The highest BCUT2D eigenvalue weighted by Crippen LogP contribution is 2.18. The molecule has 3 rings (SSSR count). The first-order valence-electron chi connectivity index (χ1n) is 14.0. The van der Waals surface area contributed by atoms with Crippen molar-refractivity contribution in [3.05, 3.63) is 100.0 Å². The topological polar surface area (TPSA) is 165 Å². The lowest BCUT2D eigenvalue weighted by molar-refractivity contribution is -0.121. The van der Waals surface area contributed by atoms with Crippen molar-refractivity contribution in [2.24, 2.45) is 11.5 Å². The van der Waals surface area contributed by atoms with E-state index in [1.54, 1.807) is 19.1 Å². The van der Waals surface area contributed by atoms with Crippen LogP contribution in [0, 0.1) is 0 Å². The molecule has 3 aromatic rings. The number of nitrogens with two attached hydrogens (primary N) is 2. The largest absolute Gasteiger partial charge is 0.402 e. The zero-order valence-corrected chi connectivity index (χ0v) is 24.9. The molecule has 0 spiro atoms. The molecule has 10 nitrogen and oxygen atoms in total. The molecule has 1 unspecified atom stereocenters. The lowest BCUT2D eigenvalue weighted by Gasteiger charge is -2.15. The SMILES string of the molecule is CCC(=O)NC(C)c1cccc(CC(=O)N/C(N)=C/C=C(\N)CCCCc2nnc(NC(=O)Cc3ccccc3)s2)c1. The molecule has 0 fully saturated rings. The quantitative estimate of drug-likeness (QED) is 0.132. The molecule has 0 saturated heterocycles. The van der Waals surface area contributed by atoms with Gasteiger partial charge in [-0.15, -0.1) is 10.2 Å². The molecule has 0 radical (unpaired) electrons. The van der Waals surface area contributed by atoms with Crippen LogP contribution in [0.1, 0.15) is 67.3 Å². The van der Waals surface area contributed by atoms with Crippen LogP contribution in [0.3, 0.4) is 0 Å². The number of carbonyl (C=O) groups excluding carboxylic acids is 3. The van der Waals surface area contributed by atoms with Crippen LogP contribution in [-0.4, -0.2) is 27.9 Å². The second-order valence-electron chi connectivity index (χ2n) is 9.89. The van der Waals surface area contributed by atoms with Crippen molar-refractivity contribution < 1.29 is 14.4 Å². The fourth-order valence-electron chi connectivity index (χ4n) is 4.07. The number of benzene rings is 2. The van der Waals surface area contributed by atoms with Gasteiger partial charge >= 0.3 is 0 Å². The van der Waals surface area contributed by atoms with E-state index in [0.29, 0.717) is 30.1 Å². The van der Waals surface area contributed by atoms with Crippen molar-refractivity contribution in [2.75, 3.05) is 5.32 Å². The summed E-state index contributed by atoms with van der Waals surface area (Å²) in [5, 5.41) is 18.0. The van der Waals surface area contributed by atoms with Gasteiger partial charge in [-0.2, -0.15) is 0 Å². The molecule has 222 valence electrons. The standard InChI is InChI=1S/C31H39N7O3S/c1-3-27(39)34-21(2)24-13-9-12-23(18-24)20-28(40)35-26(33)17-16-25(32)14-7-8-15-30-37-38-31(42-30)36-29(41)19-22-10-5-4-6-11-22/h4-6,9-13,16-18,21H,3,7-8,14-15,19-20,32-33H2,1-2H3,(H,34,39)(H,35,40)(H,36,38,41)/b25-16-,26-17+. The summed E-state index contributed by atoms with van der Waals surface area (Å²) in [4.78, 5) is 36.4. The number of nitrogens with one attached hydrogen (secondary N) is 3. The maximum atomic E-state index is 12.5. The Morgan fingerprint density at radius 3 is 2.40 bits per heavy atom. The minimum atomic E-state index is -0.245. The Morgan fingerprint density at radius 1 is 0.905 bits per heavy atom. The van der Waals surface area contributed by atoms with Crippen LogP contribution in [0.2, 0.25) is 0 Å². The number of hydrogen-bond donors (Lipinski definition) is 5. The number of amides is 3. The third-order valence-corrected chi connectivity index (χ3v) is 7.20. The molecule has 2 aromatic carbocycles. The Hall–Kier alpha value is -4.51. The van der Waals surface area contributed by atoms with Gasteiger partial charge < -0.3 is 27.4 Å². The summed E-state index contributed by atoms with van der Waals surface area (Å²) in [5.41, 5.74) is 15.4. The molecule has 0 aliphatic rings. The Morgan fingerprint density at radius 2 is 1.64 bits per heavy atom. The fourth-order valence-corrected chi connectivity index (χ4v) is 4.86. The highest BCUT2D eigenvalue weighted by atomic mass is 32.1. The van der Waals surface area contributed by atoms with Gasteiger partial charge in [0.25, 0.3) is 0 Å². The molecule has 1 atom stereocenters. The first-order chi connectivity index (χ1) is 20.2. The first kappa shape index (κ1) is 32.0. The molecule has 0 aliphatic carbocycles. The summed E-state index contributed by atoms with van der Waals surface area (Å²) in [7, 11) is 0. The smallest absolute Gasteiger partial charge is 0.230 e. The molecular formula is C31H39N7O3S. The van der Waals surface area contributed by atoms with Crippen LogP contribution >= 0.6 is 11.3 Å². The van der Waals surface area contributed by atoms with Crippen molar-refractivity contribution in [1.82, 2.24) is 20.8 Å². The molecule has 42 heavy (non-hydrogen) atoms. The summed E-state index contributed by atoms with van der Waals surface area (Å²) >= 11 is 1.37. The van der Waals surface area contributed by atoms with Gasteiger partial charge in [0.15, 0.2) is 0 Å². The van der Waals surface area contributed by atoms with Crippen molar-refractivity contribution in [3.8, 4) is 0 Å². The summed E-state index contributed by atoms with van der Waals surface area (Å²) in [5.74, 6) is -0.184. The highest BCUT2D eigenvalue weighted by Gasteiger charge is 2.11. The Bertz CT molecular complexity index is 1400. The second-order valence-corrected chi connectivity index (χ2v) is 11.0. The van der Waals surface area contributed by atoms with Gasteiger partial charge in [0.2, 0.25) is 22.9 Å². The Balaban J connectivity index is 1.36. The van der Waals surface area contributed by atoms with Crippen molar-refractivity contribution in [2.45, 2.75) is 64.8 Å². The van der Waals surface area contributed by atoms with E-state index in [9.17, 15) is 14.4 Å². The third-order valence-electron chi connectivity index (χ3n) is 6.30. The predicted octanol–water partition coefficient (Wildman–Crippen LogP) is 4.02. The van der Waals surface area contributed by atoms with Crippen LogP contribution in [0.4, 0.5) is 5.13 Å². The molecule has 11 heteroatoms. The summed E-state index contributed by atoms with van der Waals surface area (Å²) in [6.45, 7) is 3.71. The number of anilines is 1. The number of nitrogens with zero attached hydrogens (tertiary/aromatic N) is 2. The molecule has 3 amide bonds. The van der Waals surface area contributed by atoms with Gasteiger partial charge in [-0.3, -0.25) is 14.4 Å². The van der Waals surface area contributed by atoms with E-state index in [-0.39, 0.29) is 36.0 Å². The van der Waals surface area contributed by atoms with Crippen molar-refractivity contribution in [3.63, 3.8) is 0 Å². The number of allylic oxidation sites excluding steroid dienone is 3. The van der Waals surface area contributed by atoms with E-state index in [0.717, 1.165) is 41.0 Å². The number of hydrogen-bond acceptors (Lipinski definition) is 8. The minimum Gasteiger partial charge on any atom is -0.402 e. The van der Waals surface area contributed by atoms with E-state index in [1.165, 1.54) is 11.3 Å². The van der Waals surface area contributed by atoms with Crippen molar-refractivity contribution in [1.29, 1.82) is 0 Å². The monoisotopic (exact) mass is 589 g/mol. The maximum absolute atomic E-state index is 12.5. The van der Waals surface area contributed by atoms with Gasteiger partial charge in [-0.25, -0.2) is 0 Å². The number of unbranched alkanes of at least 4 members (excludes halogenated alkanes) is 1. The summed E-state index contributed by atoms with van der Waals surface area (Å²) in [6, 6.07) is 16.9. The summed E-state index contributed by atoms with van der Waals surface area (Å²) < 4.78 is 0. The molecule has 0 bridgehead atoms. The van der Waals surface area contributed by atoms with E-state index in [4.69, 9.17) is 11.5 Å². The fraction of sp³-hybridized carbons (Fsp3) is 0.323. The number of carbonyl (C=O) groups is 3. The number of aromatic nitrogens is 2. The highest BCUT2D eigenvalue weighted by molar-refractivity contribution is 7.15. The normalized spacial score (nSPS) is 12.4. The van der Waals surface area contributed by atoms with Gasteiger partial charge in [0.1, 0.15) is 10.8 Å². The van der Waals surface area contributed by atoms with E-state index < -0.39 is 0 Å². The minimum absolute atomic E-state index is 0.0247. The van der Waals surface area contributed by atoms with Crippen LogP contribution in [0.5, 0.6) is 0 Å². The van der Waals surface area contributed by atoms with Crippen LogP contribution in [0.15, 0.2) is 78.3 Å². The van der Waals surface area contributed by atoms with Gasteiger partial charge in [-0.05, 0) is 55.0 Å². The molecule has 7 N–H and O–H groups in total. The average molecular weight is 590 g/mol.